The largest absolute Gasteiger partial charge is 0.465 e. The van der Waals surface area contributed by atoms with Gasteiger partial charge < -0.3 is 4.74 Å². The molecule has 0 unspecified atom stereocenters. The first-order valence-corrected chi connectivity index (χ1v) is 2.10. The molecule has 52 valence electrons. The number of amidine groups is 1. The van der Waals surface area contributed by atoms with Gasteiger partial charge in [-0.05, 0) is 5.01 Å². The molecule has 0 bridgehead atoms. The monoisotopic (exact) mass is 133 g/mol. The van der Waals surface area contributed by atoms with Gasteiger partial charge in [0.15, 0.2) is 5.03 Å². The van der Waals surface area contributed by atoms with Crippen LogP contribution in [-0.2, 0) is 4.74 Å². The van der Waals surface area contributed by atoms with Crippen molar-refractivity contribution in [3.05, 3.63) is 10.1 Å². The van der Waals surface area contributed by atoms with E-state index in [1.807, 2.05) is 0 Å². The number of hydrogen-bond acceptors (Lipinski definition) is 4. The first-order valence-electron chi connectivity index (χ1n) is 2.10. The van der Waals surface area contributed by atoms with Crippen LogP contribution >= 0.6 is 0 Å². The lowest BCUT2D eigenvalue weighted by Crippen LogP contribution is -2.32. The Kier molecular flexibility index (Phi) is 2.43. The molecule has 0 aromatic carbocycles. The number of methoxy groups -OCH3 is 1. The summed E-state index contributed by atoms with van der Waals surface area (Å²) in [7, 11) is 2.33. The van der Waals surface area contributed by atoms with Gasteiger partial charge in [0.1, 0.15) is 0 Å². The van der Waals surface area contributed by atoms with E-state index in [1.165, 1.54) is 7.11 Å². The van der Waals surface area contributed by atoms with Crippen molar-refractivity contribution in [2.24, 2.45) is 0 Å². The number of nitro groups is 1. The van der Waals surface area contributed by atoms with Gasteiger partial charge in [-0.25, -0.2) is 15.5 Å². The summed E-state index contributed by atoms with van der Waals surface area (Å²) in [4.78, 5) is 9.81. The van der Waals surface area contributed by atoms with Crippen LogP contribution < -0.4 is 0 Å². The Morgan fingerprint density at radius 2 is 2.33 bits per heavy atom. The molecule has 0 heterocycles. The van der Waals surface area contributed by atoms with E-state index >= 15 is 0 Å². The van der Waals surface area contributed by atoms with E-state index in [0.717, 1.165) is 7.05 Å². The quantitative estimate of drug-likeness (QED) is 0.230. The molecule has 0 aliphatic rings. The molecule has 1 N–H and O–H groups in total. The van der Waals surface area contributed by atoms with Gasteiger partial charge in [-0.1, -0.05) is 0 Å². The lowest BCUT2D eigenvalue weighted by atomic mass is 11.0. The summed E-state index contributed by atoms with van der Waals surface area (Å²) in [5.74, 6) is 0. The summed E-state index contributed by atoms with van der Waals surface area (Å²) < 4.78 is 4.24. The highest BCUT2D eigenvalue weighted by atomic mass is 16.7. The minimum atomic E-state index is -0.744. The number of hydrazine groups is 1. The molecular weight excluding hydrogens is 126 g/mol. The molecule has 0 radical (unpaired) electrons. The molecule has 6 heteroatoms. The average Bonchev–Trinajstić information content (AvgIpc) is 1.84. The second kappa shape index (κ2) is 2.85. The van der Waals surface area contributed by atoms with Crippen LogP contribution in [0.15, 0.2) is 0 Å². The van der Waals surface area contributed by atoms with Crippen molar-refractivity contribution in [3.8, 4) is 0 Å². The molecule has 0 amide bonds. The topological polar surface area (TPSA) is 79.5 Å². The summed E-state index contributed by atoms with van der Waals surface area (Å²) in [5, 5.41) is 16.3. The summed E-state index contributed by atoms with van der Waals surface area (Å²) >= 11 is 0. The Morgan fingerprint density at radius 3 is 2.44 bits per heavy atom. The van der Waals surface area contributed by atoms with Gasteiger partial charge in [-0.15, -0.1) is 0 Å². The van der Waals surface area contributed by atoms with Crippen LogP contribution in [0.1, 0.15) is 0 Å². The van der Waals surface area contributed by atoms with Crippen molar-refractivity contribution in [3.63, 3.8) is 0 Å². The van der Waals surface area contributed by atoms with Crippen molar-refractivity contribution < 1.29 is 9.77 Å². The molecule has 0 spiro atoms. The smallest absolute Gasteiger partial charge is 0.344 e. The van der Waals surface area contributed by atoms with Gasteiger partial charge in [-0.3, -0.25) is 0 Å². The van der Waals surface area contributed by atoms with Crippen molar-refractivity contribution in [1.29, 1.82) is 5.41 Å². The molecule has 6 nitrogen and oxygen atoms in total. The molecular formula is C3H7N3O3. The molecule has 0 rings (SSSR count). The van der Waals surface area contributed by atoms with Gasteiger partial charge in [0.25, 0.3) is 0 Å². The van der Waals surface area contributed by atoms with E-state index in [-0.39, 0.29) is 0 Å². The molecule has 0 aromatic heterocycles. The molecule has 0 saturated heterocycles. The minimum Gasteiger partial charge on any atom is -0.465 e. The van der Waals surface area contributed by atoms with Crippen molar-refractivity contribution in [1.82, 2.24) is 5.01 Å². The van der Waals surface area contributed by atoms with Crippen LogP contribution in [-0.4, -0.2) is 30.2 Å². The molecule has 0 aliphatic heterocycles. The normalized spacial score (nSPS) is 8.22. The van der Waals surface area contributed by atoms with Gasteiger partial charge in [0.2, 0.25) is 0 Å². The fourth-order valence-corrected chi connectivity index (χ4v) is 0.206. The number of nitrogens with one attached hydrogen (secondary N) is 1. The zero-order valence-electron chi connectivity index (χ0n) is 5.12. The highest BCUT2D eigenvalue weighted by molar-refractivity contribution is 5.68. The SMILES string of the molecule is COC(=N)N(C)[N+](=O)[O-]. The standard InChI is InChI=1S/C3H7N3O3/c1-5(6(7)8)3(4)9-2/h4H,1-2H3. The molecule has 0 aliphatic carbocycles. The van der Waals surface area contributed by atoms with Crippen LogP contribution in [0.5, 0.6) is 0 Å². The van der Waals surface area contributed by atoms with E-state index in [9.17, 15) is 10.1 Å². The number of ether oxygens (including phenoxy) is 1. The summed E-state index contributed by atoms with van der Waals surface area (Å²) in [5.41, 5.74) is 0. The Balaban J connectivity index is 3.88. The summed E-state index contributed by atoms with van der Waals surface area (Å²) in [6.45, 7) is 0. The predicted molar refractivity (Wildman–Crippen MR) is 29.5 cm³/mol. The highest BCUT2D eigenvalue weighted by Gasteiger charge is 2.13. The molecule has 0 atom stereocenters. The summed E-state index contributed by atoms with van der Waals surface area (Å²) in [6, 6.07) is -0.486. The van der Waals surface area contributed by atoms with E-state index in [1.54, 1.807) is 0 Å². The van der Waals surface area contributed by atoms with E-state index in [2.05, 4.69) is 4.74 Å². The molecule has 0 fully saturated rings. The molecule has 0 saturated carbocycles. The second-order valence-corrected chi connectivity index (χ2v) is 1.27. The van der Waals surface area contributed by atoms with Crippen molar-refractivity contribution in [2.45, 2.75) is 0 Å². The van der Waals surface area contributed by atoms with Gasteiger partial charge in [0.05, 0.1) is 14.2 Å². The van der Waals surface area contributed by atoms with Crippen LogP contribution in [0.25, 0.3) is 0 Å². The first-order chi connectivity index (χ1) is 4.09. The highest BCUT2D eigenvalue weighted by Crippen LogP contribution is 1.83. The van der Waals surface area contributed by atoms with Crippen molar-refractivity contribution in [2.75, 3.05) is 14.2 Å². The van der Waals surface area contributed by atoms with E-state index in [4.69, 9.17) is 5.41 Å². The fourth-order valence-electron chi connectivity index (χ4n) is 0.206. The van der Waals surface area contributed by atoms with Crippen LogP contribution in [0.4, 0.5) is 0 Å². The third-order valence-corrected chi connectivity index (χ3v) is 0.732. The zero-order valence-corrected chi connectivity index (χ0v) is 5.12. The lowest BCUT2D eigenvalue weighted by Gasteiger charge is -2.05. The Bertz CT molecular complexity index is 134. The summed E-state index contributed by atoms with van der Waals surface area (Å²) in [6.07, 6.45) is 0. The van der Waals surface area contributed by atoms with Gasteiger partial charge in [-0.2, -0.15) is 0 Å². The molecule has 9 heavy (non-hydrogen) atoms. The first kappa shape index (κ1) is 7.67. The Morgan fingerprint density at radius 1 is 1.89 bits per heavy atom. The second-order valence-electron chi connectivity index (χ2n) is 1.27. The maximum absolute atomic E-state index is 9.81. The van der Waals surface area contributed by atoms with Crippen LogP contribution in [0.2, 0.25) is 0 Å². The van der Waals surface area contributed by atoms with Crippen molar-refractivity contribution >= 4 is 6.02 Å². The van der Waals surface area contributed by atoms with E-state index < -0.39 is 11.1 Å². The Hall–Kier alpha value is -1.33. The van der Waals surface area contributed by atoms with Crippen LogP contribution in [0.3, 0.4) is 0 Å². The average molecular weight is 133 g/mol. The maximum atomic E-state index is 9.81. The number of hydrogen-bond donors (Lipinski definition) is 1. The maximum Gasteiger partial charge on any atom is 0.344 e. The predicted octanol–water partition coefficient (Wildman–Crippen LogP) is -0.309. The van der Waals surface area contributed by atoms with Gasteiger partial charge in [0, 0.05) is 0 Å². The molecule has 0 aromatic rings. The number of nitrogens with zero attached hydrogens (tertiary/aromatic N) is 2. The zero-order chi connectivity index (χ0) is 7.44. The number of rotatable bonds is 1. The third-order valence-electron chi connectivity index (χ3n) is 0.732. The van der Waals surface area contributed by atoms with E-state index in [0.29, 0.717) is 5.01 Å². The minimum absolute atomic E-state index is 0.472. The fraction of sp³-hybridized carbons (Fsp3) is 0.667. The third kappa shape index (κ3) is 1.94. The Labute approximate surface area is 51.7 Å². The van der Waals surface area contributed by atoms with Crippen LogP contribution in [0, 0.1) is 15.5 Å². The van der Waals surface area contributed by atoms with Gasteiger partial charge >= 0.3 is 6.02 Å². The lowest BCUT2D eigenvalue weighted by molar-refractivity contribution is -0.626.